The van der Waals surface area contributed by atoms with Gasteiger partial charge in [0.2, 0.25) is 5.78 Å². The van der Waals surface area contributed by atoms with Crippen LogP contribution in [0.15, 0.2) is 66.4 Å². The molecule has 0 atom stereocenters. The van der Waals surface area contributed by atoms with E-state index in [0.29, 0.717) is 39.7 Å². The van der Waals surface area contributed by atoms with E-state index in [0.717, 1.165) is 0 Å². The first-order chi connectivity index (χ1) is 14.6. The van der Waals surface area contributed by atoms with Crippen molar-refractivity contribution >= 4 is 11.9 Å². The number of rotatable bonds is 6. The number of ether oxygens (including phenoxy) is 4. The first-order valence-electron chi connectivity index (χ1n) is 9.25. The molecule has 0 aromatic heterocycles. The molecule has 0 fully saturated rings. The standard InChI is InChI=1S/C24H19FO5/c1-27-18-7-9-21(28-2)16(11-18)12-23-24(26)20-8-6-19(13-22(20)30-23)29-14-15-4-3-5-17(25)10-15/h3-13H,14H2,1-2H3/b23-12-. The normalized spacial score (nSPS) is 13.7. The second-order valence-corrected chi connectivity index (χ2v) is 6.62. The van der Waals surface area contributed by atoms with Gasteiger partial charge in [-0.15, -0.1) is 0 Å². The predicted octanol–water partition coefficient (Wildman–Crippen LogP) is 5.04. The summed E-state index contributed by atoms with van der Waals surface area (Å²) in [6.45, 7) is 0.203. The third kappa shape index (κ3) is 3.98. The fourth-order valence-electron chi connectivity index (χ4n) is 3.14. The average Bonchev–Trinajstić information content (AvgIpc) is 3.07. The quantitative estimate of drug-likeness (QED) is 0.537. The molecule has 5 nitrogen and oxygen atoms in total. The lowest BCUT2D eigenvalue weighted by atomic mass is 10.1. The van der Waals surface area contributed by atoms with Crippen molar-refractivity contribution in [2.24, 2.45) is 0 Å². The smallest absolute Gasteiger partial charge is 0.231 e. The molecule has 152 valence electrons. The van der Waals surface area contributed by atoms with E-state index in [4.69, 9.17) is 18.9 Å². The molecule has 6 heteroatoms. The Morgan fingerprint density at radius 1 is 0.967 bits per heavy atom. The van der Waals surface area contributed by atoms with Gasteiger partial charge in [0.05, 0.1) is 19.8 Å². The van der Waals surface area contributed by atoms with Gasteiger partial charge in [-0.1, -0.05) is 12.1 Å². The van der Waals surface area contributed by atoms with Crippen molar-refractivity contribution in [2.45, 2.75) is 6.61 Å². The van der Waals surface area contributed by atoms with Gasteiger partial charge in [0.25, 0.3) is 0 Å². The highest BCUT2D eigenvalue weighted by Crippen LogP contribution is 2.36. The van der Waals surface area contributed by atoms with E-state index in [1.807, 2.05) is 0 Å². The SMILES string of the molecule is COc1ccc(OC)c(/C=C2\Oc3cc(OCc4cccc(F)c4)ccc3C2=O)c1. The Hall–Kier alpha value is -3.80. The van der Waals surface area contributed by atoms with Gasteiger partial charge in [-0.05, 0) is 54.1 Å². The summed E-state index contributed by atoms with van der Waals surface area (Å²) in [4.78, 5) is 12.7. The van der Waals surface area contributed by atoms with Crippen LogP contribution in [0.4, 0.5) is 4.39 Å². The van der Waals surface area contributed by atoms with Crippen LogP contribution in [0.25, 0.3) is 6.08 Å². The molecule has 3 aromatic rings. The molecule has 0 saturated carbocycles. The molecule has 0 saturated heterocycles. The molecule has 0 radical (unpaired) electrons. The van der Waals surface area contributed by atoms with E-state index in [-0.39, 0.29) is 24.0 Å². The van der Waals surface area contributed by atoms with Gasteiger partial charge >= 0.3 is 0 Å². The van der Waals surface area contributed by atoms with Crippen LogP contribution in [0, 0.1) is 5.82 Å². The van der Waals surface area contributed by atoms with Gasteiger partial charge < -0.3 is 18.9 Å². The molecule has 1 aliphatic rings. The summed E-state index contributed by atoms with van der Waals surface area (Å²) in [5.74, 6) is 1.79. The first kappa shape index (κ1) is 19.5. The van der Waals surface area contributed by atoms with Crippen LogP contribution >= 0.6 is 0 Å². The minimum Gasteiger partial charge on any atom is -0.497 e. The van der Waals surface area contributed by atoms with Crippen molar-refractivity contribution in [3.05, 3.63) is 88.9 Å². The number of carbonyl (C=O) groups excluding carboxylic acids is 1. The highest BCUT2D eigenvalue weighted by molar-refractivity contribution is 6.14. The number of halogens is 1. The largest absolute Gasteiger partial charge is 0.497 e. The van der Waals surface area contributed by atoms with Crippen LogP contribution in [0.3, 0.4) is 0 Å². The second-order valence-electron chi connectivity index (χ2n) is 6.62. The summed E-state index contributed by atoms with van der Waals surface area (Å²) in [7, 11) is 3.12. The highest BCUT2D eigenvalue weighted by Gasteiger charge is 2.28. The summed E-state index contributed by atoms with van der Waals surface area (Å²) >= 11 is 0. The van der Waals surface area contributed by atoms with Gasteiger partial charge in [-0.2, -0.15) is 0 Å². The maximum atomic E-state index is 13.3. The Labute approximate surface area is 173 Å². The molecule has 0 bridgehead atoms. The minimum absolute atomic E-state index is 0.179. The van der Waals surface area contributed by atoms with Crippen molar-refractivity contribution in [1.29, 1.82) is 0 Å². The summed E-state index contributed by atoms with van der Waals surface area (Å²) < 4.78 is 35.4. The molecule has 0 spiro atoms. The Balaban J connectivity index is 1.55. The predicted molar refractivity (Wildman–Crippen MR) is 110 cm³/mol. The maximum absolute atomic E-state index is 13.3. The van der Waals surface area contributed by atoms with E-state index in [9.17, 15) is 9.18 Å². The zero-order valence-electron chi connectivity index (χ0n) is 16.5. The average molecular weight is 406 g/mol. The molecular formula is C24H19FO5. The van der Waals surface area contributed by atoms with E-state index in [1.54, 1.807) is 68.8 Å². The lowest BCUT2D eigenvalue weighted by molar-refractivity contribution is 0.101. The van der Waals surface area contributed by atoms with E-state index in [1.165, 1.54) is 12.1 Å². The molecule has 0 N–H and O–H groups in total. The molecule has 30 heavy (non-hydrogen) atoms. The van der Waals surface area contributed by atoms with Gasteiger partial charge in [-0.3, -0.25) is 4.79 Å². The number of Topliss-reactive ketones (excluding diaryl/α,β-unsaturated/α-hetero) is 1. The van der Waals surface area contributed by atoms with Crippen molar-refractivity contribution in [3.63, 3.8) is 0 Å². The second kappa shape index (κ2) is 8.29. The zero-order valence-corrected chi connectivity index (χ0v) is 16.5. The number of methoxy groups -OCH3 is 2. The Bertz CT molecular complexity index is 1140. The zero-order chi connectivity index (χ0) is 21.1. The van der Waals surface area contributed by atoms with Crippen molar-refractivity contribution in [2.75, 3.05) is 14.2 Å². The van der Waals surface area contributed by atoms with E-state index < -0.39 is 0 Å². The molecule has 0 aliphatic carbocycles. The lowest BCUT2D eigenvalue weighted by Crippen LogP contribution is -1.99. The monoisotopic (exact) mass is 406 g/mol. The molecule has 0 unspecified atom stereocenters. The molecular weight excluding hydrogens is 387 g/mol. The van der Waals surface area contributed by atoms with Crippen molar-refractivity contribution in [3.8, 4) is 23.0 Å². The van der Waals surface area contributed by atoms with Crippen molar-refractivity contribution in [1.82, 2.24) is 0 Å². The van der Waals surface area contributed by atoms with E-state index in [2.05, 4.69) is 0 Å². The molecule has 1 aliphatic heterocycles. The summed E-state index contributed by atoms with van der Waals surface area (Å²) in [6, 6.07) is 16.5. The fraction of sp³-hybridized carbons (Fsp3) is 0.125. The van der Waals surface area contributed by atoms with Crippen LogP contribution in [0.5, 0.6) is 23.0 Å². The lowest BCUT2D eigenvalue weighted by Gasteiger charge is -2.08. The highest BCUT2D eigenvalue weighted by atomic mass is 19.1. The third-order valence-corrected chi connectivity index (χ3v) is 4.66. The van der Waals surface area contributed by atoms with Crippen LogP contribution < -0.4 is 18.9 Å². The van der Waals surface area contributed by atoms with Gasteiger partial charge in [0.15, 0.2) is 5.76 Å². The van der Waals surface area contributed by atoms with Crippen LogP contribution in [-0.4, -0.2) is 20.0 Å². The van der Waals surface area contributed by atoms with Crippen LogP contribution in [-0.2, 0) is 6.61 Å². The Morgan fingerprint density at radius 2 is 1.80 bits per heavy atom. The summed E-state index contributed by atoms with van der Waals surface area (Å²) in [6.07, 6.45) is 1.62. The summed E-state index contributed by atoms with van der Waals surface area (Å²) in [5.41, 5.74) is 1.81. The van der Waals surface area contributed by atoms with Crippen LogP contribution in [0.1, 0.15) is 21.5 Å². The molecule has 1 heterocycles. The Kier molecular flexibility index (Phi) is 5.39. The number of allylic oxidation sites excluding steroid dienone is 1. The number of carbonyl (C=O) groups is 1. The molecule has 3 aromatic carbocycles. The topological polar surface area (TPSA) is 54.0 Å². The third-order valence-electron chi connectivity index (χ3n) is 4.66. The van der Waals surface area contributed by atoms with E-state index >= 15 is 0 Å². The minimum atomic E-state index is -0.318. The maximum Gasteiger partial charge on any atom is 0.231 e. The number of benzene rings is 3. The Morgan fingerprint density at radius 3 is 2.57 bits per heavy atom. The summed E-state index contributed by atoms with van der Waals surface area (Å²) in [5, 5.41) is 0. The van der Waals surface area contributed by atoms with Gasteiger partial charge in [-0.25, -0.2) is 4.39 Å². The van der Waals surface area contributed by atoms with Gasteiger partial charge in [0.1, 0.15) is 35.4 Å². The molecule has 0 amide bonds. The number of ketones is 1. The molecule has 4 rings (SSSR count). The van der Waals surface area contributed by atoms with Crippen molar-refractivity contribution < 1.29 is 28.1 Å². The number of hydrogen-bond donors (Lipinski definition) is 0. The van der Waals surface area contributed by atoms with Gasteiger partial charge in [0, 0.05) is 11.6 Å². The van der Waals surface area contributed by atoms with Crippen LogP contribution in [0.2, 0.25) is 0 Å². The first-order valence-corrected chi connectivity index (χ1v) is 9.25. The number of fused-ring (bicyclic) bond motifs is 1. The number of hydrogen-bond acceptors (Lipinski definition) is 5. The fourth-order valence-corrected chi connectivity index (χ4v) is 3.14.